The highest BCUT2D eigenvalue weighted by Crippen LogP contribution is 2.43. The van der Waals surface area contributed by atoms with E-state index in [-0.39, 0.29) is 17.1 Å². The largest absolute Gasteiger partial charge is 0.468 e. The number of halogens is 1. The zero-order valence-corrected chi connectivity index (χ0v) is 21.5. The Bertz CT molecular complexity index is 1070. The Hall–Kier alpha value is -2.38. The first kappa shape index (κ1) is 24.0. The molecule has 0 radical (unpaired) electrons. The van der Waals surface area contributed by atoms with Gasteiger partial charge in [0, 0.05) is 37.4 Å². The summed E-state index contributed by atoms with van der Waals surface area (Å²) < 4.78 is 21.0. The third-order valence-corrected chi connectivity index (χ3v) is 9.33. The van der Waals surface area contributed by atoms with Crippen LogP contribution in [0.25, 0.3) is 0 Å². The predicted octanol–water partition coefficient (Wildman–Crippen LogP) is 4.89. The second-order valence-electron chi connectivity index (χ2n) is 11.4. The average Bonchev–Trinajstić information content (AvgIpc) is 3.65. The van der Waals surface area contributed by atoms with Crippen LogP contribution in [0, 0.1) is 11.2 Å². The molecule has 0 unspecified atom stereocenters. The van der Waals surface area contributed by atoms with Crippen molar-refractivity contribution >= 4 is 17.3 Å². The van der Waals surface area contributed by atoms with Gasteiger partial charge in [0.15, 0.2) is 0 Å². The predicted molar refractivity (Wildman–Crippen MR) is 140 cm³/mol. The van der Waals surface area contributed by atoms with Crippen LogP contribution in [0.2, 0.25) is 0 Å². The molecule has 0 N–H and O–H groups in total. The summed E-state index contributed by atoms with van der Waals surface area (Å²) in [5.74, 6) is 0.803. The molecule has 1 aromatic heterocycles. The molecule has 4 aliphatic heterocycles. The Morgan fingerprint density at radius 2 is 1.89 bits per heavy atom. The lowest BCUT2D eigenvalue weighted by Gasteiger charge is -2.46. The van der Waals surface area contributed by atoms with Crippen molar-refractivity contribution in [3.8, 4) is 0 Å². The molecule has 7 heteroatoms. The van der Waals surface area contributed by atoms with Gasteiger partial charge in [-0.15, -0.1) is 0 Å². The van der Waals surface area contributed by atoms with Crippen LogP contribution in [0.3, 0.4) is 0 Å². The van der Waals surface area contributed by atoms with Crippen LogP contribution < -0.4 is 9.80 Å². The summed E-state index contributed by atoms with van der Waals surface area (Å²) in [7, 11) is 0. The van der Waals surface area contributed by atoms with Gasteiger partial charge in [-0.05, 0) is 102 Å². The molecule has 4 saturated heterocycles. The van der Waals surface area contributed by atoms with Crippen molar-refractivity contribution in [2.45, 2.75) is 70.5 Å². The van der Waals surface area contributed by atoms with Gasteiger partial charge in [0.1, 0.15) is 11.6 Å². The van der Waals surface area contributed by atoms with E-state index in [4.69, 9.17) is 4.42 Å². The number of hydrogen-bond donors (Lipinski definition) is 0. The van der Waals surface area contributed by atoms with E-state index in [1.807, 2.05) is 24.3 Å². The molecule has 2 atom stereocenters. The average molecular weight is 495 g/mol. The summed E-state index contributed by atoms with van der Waals surface area (Å²) in [6.07, 6.45) is 8.89. The smallest absolute Gasteiger partial charge is 0.233 e. The number of carbonyl (C=O) groups excluding carboxylic acids is 1. The molecular weight excluding hydrogens is 455 g/mol. The van der Waals surface area contributed by atoms with Crippen molar-refractivity contribution in [1.29, 1.82) is 0 Å². The summed E-state index contributed by atoms with van der Waals surface area (Å²) in [5, 5.41) is 0. The number of piperidine rings is 2. The lowest BCUT2D eigenvalue weighted by molar-refractivity contribution is -0.133. The van der Waals surface area contributed by atoms with Gasteiger partial charge >= 0.3 is 0 Å². The lowest BCUT2D eigenvalue weighted by atomic mass is 9.71. The van der Waals surface area contributed by atoms with Gasteiger partial charge in [-0.25, -0.2) is 4.39 Å². The number of anilines is 2. The number of likely N-dealkylation sites (tertiary alicyclic amines) is 2. The van der Waals surface area contributed by atoms with Crippen molar-refractivity contribution in [1.82, 2.24) is 9.80 Å². The third kappa shape index (κ3) is 4.45. The van der Waals surface area contributed by atoms with Crippen LogP contribution in [0.5, 0.6) is 0 Å². The van der Waals surface area contributed by atoms with Crippen LogP contribution in [0.15, 0.2) is 41.0 Å². The van der Waals surface area contributed by atoms with Crippen LogP contribution in [-0.2, 0) is 11.3 Å². The maximum atomic E-state index is 15.5. The molecule has 1 amide bonds. The highest BCUT2D eigenvalue weighted by Gasteiger charge is 2.46. The van der Waals surface area contributed by atoms with E-state index >= 15 is 4.39 Å². The molecule has 1 aromatic carbocycles. The molecule has 4 fully saturated rings. The minimum Gasteiger partial charge on any atom is -0.468 e. The van der Waals surface area contributed by atoms with Crippen molar-refractivity contribution in [3.05, 3.63) is 48.2 Å². The molecule has 36 heavy (non-hydrogen) atoms. The molecule has 6 rings (SSSR count). The highest BCUT2D eigenvalue weighted by molar-refractivity contribution is 5.98. The number of rotatable bonds is 5. The fourth-order valence-corrected chi connectivity index (χ4v) is 7.18. The zero-order chi connectivity index (χ0) is 24.7. The van der Waals surface area contributed by atoms with Crippen LogP contribution >= 0.6 is 0 Å². The first-order valence-corrected chi connectivity index (χ1v) is 13.9. The van der Waals surface area contributed by atoms with Gasteiger partial charge in [0.05, 0.1) is 23.9 Å². The van der Waals surface area contributed by atoms with Crippen molar-refractivity contribution in [3.63, 3.8) is 0 Å². The molecule has 0 bridgehead atoms. The molecule has 194 valence electrons. The number of nitrogens with zero attached hydrogens (tertiary/aromatic N) is 4. The Morgan fingerprint density at radius 3 is 2.61 bits per heavy atom. The zero-order valence-electron chi connectivity index (χ0n) is 21.5. The first-order chi connectivity index (χ1) is 17.5. The van der Waals surface area contributed by atoms with Crippen LogP contribution in [0.1, 0.15) is 57.6 Å². The van der Waals surface area contributed by atoms with Gasteiger partial charge in [-0.3, -0.25) is 14.6 Å². The minimum absolute atomic E-state index is 0.113. The first-order valence-electron chi connectivity index (χ1n) is 13.9. The summed E-state index contributed by atoms with van der Waals surface area (Å²) >= 11 is 0. The number of benzene rings is 1. The van der Waals surface area contributed by atoms with Gasteiger partial charge in [-0.1, -0.05) is 0 Å². The number of hydrogen-bond acceptors (Lipinski definition) is 5. The monoisotopic (exact) mass is 494 g/mol. The third-order valence-electron chi connectivity index (χ3n) is 9.33. The van der Waals surface area contributed by atoms with Crippen LogP contribution in [-0.4, -0.2) is 67.1 Å². The van der Waals surface area contributed by atoms with E-state index in [2.05, 4.69) is 21.6 Å². The lowest BCUT2D eigenvalue weighted by Crippen LogP contribution is -2.53. The van der Waals surface area contributed by atoms with Gasteiger partial charge in [-0.2, -0.15) is 0 Å². The second-order valence-corrected chi connectivity index (χ2v) is 11.4. The van der Waals surface area contributed by atoms with Crippen molar-refractivity contribution < 1.29 is 13.6 Å². The number of carbonyl (C=O) groups is 1. The molecular formula is C29H39FN4O2. The fourth-order valence-electron chi connectivity index (χ4n) is 7.18. The highest BCUT2D eigenvalue weighted by atomic mass is 19.1. The quantitative estimate of drug-likeness (QED) is 0.592. The van der Waals surface area contributed by atoms with E-state index in [1.54, 1.807) is 17.2 Å². The topological polar surface area (TPSA) is 43.2 Å². The van der Waals surface area contributed by atoms with Crippen molar-refractivity contribution in [2.24, 2.45) is 5.41 Å². The summed E-state index contributed by atoms with van der Waals surface area (Å²) in [6, 6.07) is 10.7. The molecule has 0 saturated carbocycles. The molecule has 0 aliphatic carbocycles. The molecule has 4 aliphatic rings. The Balaban J connectivity index is 1.11. The molecule has 2 aromatic rings. The van der Waals surface area contributed by atoms with E-state index in [0.717, 1.165) is 76.3 Å². The Morgan fingerprint density at radius 1 is 1.03 bits per heavy atom. The maximum Gasteiger partial charge on any atom is 0.233 e. The fraction of sp³-hybridized carbons (Fsp3) is 0.621. The molecule has 1 spiro atoms. The van der Waals surface area contributed by atoms with E-state index in [0.29, 0.717) is 24.3 Å². The van der Waals surface area contributed by atoms with Crippen LogP contribution in [0.4, 0.5) is 15.8 Å². The maximum absolute atomic E-state index is 15.5. The summed E-state index contributed by atoms with van der Waals surface area (Å²) in [5.41, 5.74) is 1.03. The van der Waals surface area contributed by atoms with Gasteiger partial charge in [0.2, 0.25) is 5.91 Å². The Labute approximate surface area is 214 Å². The van der Waals surface area contributed by atoms with E-state index < -0.39 is 0 Å². The van der Waals surface area contributed by atoms with E-state index in [9.17, 15) is 4.79 Å². The SMILES string of the molecule is C[C@H]1CCCN1[C@H]1CCN(c2ccc(N3CCCC4(CCN(Cc5ccco5)CC4)C3=O)c(F)c2)C1. The molecule has 5 heterocycles. The minimum atomic E-state index is -0.363. The molecule has 6 nitrogen and oxygen atoms in total. The summed E-state index contributed by atoms with van der Waals surface area (Å²) in [4.78, 5) is 22.8. The standard InChI is InChI=1S/C29H39FN4O2/c1-22-5-2-13-33(22)24-9-15-32(20-24)23-7-8-27(26(30)19-23)34-14-4-10-29(28(34)35)11-16-31(17-12-29)21-25-6-3-18-36-25/h3,6-8,18-19,22,24H,2,4-5,9-17,20-21H2,1H3/t22-,24-/m0/s1. The Kier molecular flexibility index (Phi) is 6.54. The number of furan rings is 1. The van der Waals surface area contributed by atoms with Gasteiger partial charge in [0.25, 0.3) is 0 Å². The van der Waals surface area contributed by atoms with Crippen molar-refractivity contribution in [2.75, 3.05) is 49.1 Å². The number of amides is 1. The summed E-state index contributed by atoms with van der Waals surface area (Å²) in [6.45, 7) is 8.57. The van der Waals surface area contributed by atoms with Gasteiger partial charge < -0.3 is 14.2 Å². The van der Waals surface area contributed by atoms with E-state index in [1.165, 1.54) is 19.4 Å². The normalized spacial score (nSPS) is 27.4. The second kappa shape index (κ2) is 9.82.